The summed E-state index contributed by atoms with van der Waals surface area (Å²) in [5, 5.41) is 4.52. The van der Waals surface area contributed by atoms with Gasteiger partial charge in [0.25, 0.3) is 0 Å². The first-order valence-corrected chi connectivity index (χ1v) is 8.92. The molecule has 0 unspecified atom stereocenters. The number of nitrogens with zero attached hydrogens (tertiary/aromatic N) is 3. The monoisotopic (exact) mass is 346 g/mol. The zero-order chi connectivity index (χ0) is 17.4. The van der Waals surface area contributed by atoms with Crippen LogP contribution in [-0.2, 0) is 6.42 Å². The first-order valence-electron chi connectivity index (χ1n) is 8.11. The van der Waals surface area contributed by atoms with Gasteiger partial charge in [-0.1, -0.05) is 17.7 Å². The van der Waals surface area contributed by atoms with Crippen molar-refractivity contribution >= 4 is 17.3 Å². The maximum absolute atomic E-state index is 5.77. The molecule has 0 aliphatic heterocycles. The Balaban J connectivity index is 1.70. The molecule has 2 rings (SSSR count). The largest absolute Gasteiger partial charge is 0.492 e. The zero-order valence-electron chi connectivity index (χ0n) is 14.9. The number of nitrogens with one attached hydrogen (secondary N) is 1. The molecule has 1 aromatic carbocycles. The number of rotatable bonds is 7. The third kappa shape index (κ3) is 5.85. The Morgan fingerprint density at radius 1 is 1.29 bits per heavy atom. The number of guanidine groups is 1. The Kier molecular flexibility index (Phi) is 7.06. The van der Waals surface area contributed by atoms with E-state index in [1.807, 2.05) is 25.4 Å². The third-order valence-electron chi connectivity index (χ3n) is 3.58. The number of aliphatic imine (C=N–C) groups is 1. The lowest BCUT2D eigenvalue weighted by atomic mass is 10.2. The van der Waals surface area contributed by atoms with Crippen molar-refractivity contribution in [1.29, 1.82) is 0 Å². The molecule has 1 heterocycles. The van der Waals surface area contributed by atoms with Crippen molar-refractivity contribution in [3.63, 3.8) is 0 Å². The highest BCUT2D eigenvalue weighted by Crippen LogP contribution is 2.12. The van der Waals surface area contributed by atoms with Crippen molar-refractivity contribution in [3.05, 3.63) is 45.9 Å². The maximum Gasteiger partial charge on any atom is 0.193 e. The van der Waals surface area contributed by atoms with Gasteiger partial charge in [-0.25, -0.2) is 4.98 Å². The first kappa shape index (κ1) is 18.3. The van der Waals surface area contributed by atoms with Crippen LogP contribution in [0.4, 0.5) is 0 Å². The molecule has 5 nitrogen and oxygen atoms in total. The van der Waals surface area contributed by atoms with Crippen molar-refractivity contribution in [3.8, 4) is 5.75 Å². The van der Waals surface area contributed by atoms with Crippen LogP contribution in [-0.4, -0.2) is 49.6 Å². The lowest BCUT2D eigenvalue weighted by Crippen LogP contribution is -2.41. The lowest BCUT2D eigenvalue weighted by molar-refractivity contribution is 0.281. The van der Waals surface area contributed by atoms with Gasteiger partial charge in [-0.3, -0.25) is 4.99 Å². The van der Waals surface area contributed by atoms with Gasteiger partial charge in [0.15, 0.2) is 5.96 Å². The van der Waals surface area contributed by atoms with Gasteiger partial charge in [0.1, 0.15) is 12.4 Å². The second-order valence-electron chi connectivity index (χ2n) is 5.67. The minimum absolute atomic E-state index is 0.617. The average molecular weight is 347 g/mol. The fourth-order valence-electron chi connectivity index (χ4n) is 2.22. The van der Waals surface area contributed by atoms with Crippen molar-refractivity contribution in [2.45, 2.75) is 20.3 Å². The molecule has 1 N–H and O–H groups in total. The summed E-state index contributed by atoms with van der Waals surface area (Å²) in [4.78, 5) is 12.0. The van der Waals surface area contributed by atoms with Crippen molar-refractivity contribution in [2.75, 3.05) is 33.8 Å². The van der Waals surface area contributed by atoms with Crippen LogP contribution >= 0.6 is 11.3 Å². The number of aromatic nitrogens is 1. The molecule has 130 valence electrons. The van der Waals surface area contributed by atoms with Gasteiger partial charge in [0.2, 0.25) is 0 Å². The van der Waals surface area contributed by atoms with E-state index in [0.717, 1.165) is 36.2 Å². The first-order chi connectivity index (χ1) is 11.6. The lowest BCUT2D eigenvalue weighted by Gasteiger charge is -2.22. The predicted octanol–water partition coefficient (Wildman–Crippen LogP) is 2.89. The van der Waals surface area contributed by atoms with Crippen molar-refractivity contribution < 1.29 is 4.74 Å². The van der Waals surface area contributed by atoms with Crippen molar-refractivity contribution in [1.82, 2.24) is 15.2 Å². The topological polar surface area (TPSA) is 49.8 Å². The van der Waals surface area contributed by atoms with E-state index in [-0.39, 0.29) is 0 Å². The minimum atomic E-state index is 0.617. The highest BCUT2D eigenvalue weighted by Gasteiger charge is 2.06. The van der Waals surface area contributed by atoms with Gasteiger partial charge in [0.05, 0.1) is 11.6 Å². The van der Waals surface area contributed by atoms with Crippen LogP contribution in [0.1, 0.15) is 15.4 Å². The fraction of sp³-hybridized carbons (Fsp3) is 0.444. The number of hydrogen-bond donors (Lipinski definition) is 1. The summed E-state index contributed by atoms with van der Waals surface area (Å²) >= 11 is 1.74. The van der Waals surface area contributed by atoms with Gasteiger partial charge in [0, 0.05) is 38.1 Å². The molecule has 0 saturated carbocycles. The molecule has 0 fully saturated rings. The summed E-state index contributed by atoms with van der Waals surface area (Å²) in [6, 6.07) is 8.11. The van der Waals surface area contributed by atoms with Crippen LogP contribution in [0, 0.1) is 13.8 Å². The Morgan fingerprint density at radius 2 is 2.04 bits per heavy atom. The normalized spacial score (nSPS) is 11.4. The SMILES string of the molecule is CN=C(NCCc1ncc(C)s1)N(C)CCOc1ccc(C)cc1. The minimum Gasteiger partial charge on any atom is -0.492 e. The molecule has 0 atom stereocenters. The summed E-state index contributed by atoms with van der Waals surface area (Å²) in [5.74, 6) is 1.77. The van der Waals surface area contributed by atoms with Crippen LogP contribution in [0.25, 0.3) is 0 Å². The molecule has 24 heavy (non-hydrogen) atoms. The Hall–Kier alpha value is -2.08. The Bertz CT molecular complexity index is 651. The number of hydrogen-bond acceptors (Lipinski definition) is 4. The molecule has 0 bridgehead atoms. The third-order valence-corrected chi connectivity index (χ3v) is 4.55. The summed E-state index contributed by atoms with van der Waals surface area (Å²) in [5.41, 5.74) is 1.24. The maximum atomic E-state index is 5.77. The fourth-order valence-corrected chi connectivity index (χ4v) is 3.01. The van der Waals surface area contributed by atoms with Crippen LogP contribution in [0.3, 0.4) is 0 Å². The highest BCUT2D eigenvalue weighted by molar-refractivity contribution is 7.11. The van der Waals surface area contributed by atoms with Crippen LogP contribution < -0.4 is 10.1 Å². The highest BCUT2D eigenvalue weighted by atomic mass is 32.1. The van der Waals surface area contributed by atoms with Crippen molar-refractivity contribution in [2.24, 2.45) is 4.99 Å². The van der Waals surface area contributed by atoms with Gasteiger partial charge >= 0.3 is 0 Å². The molecule has 0 amide bonds. The van der Waals surface area contributed by atoms with E-state index in [1.54, 1.807) is 18.4 Å². The summed E-state index contributed by atoms with van der Waals surface area (Å²) in [6.45, 7) is 6.36. The van der Waals surface area contributed by atoms with Gasteiger partial charge in [-0.15, -0.1) is 11.3 Å². The number of thiazole rings is 1. The zero-order valence-corrected chi connectivity index (χ0v) is 15.7. The van der Waals surface area contributed by atoms with E-state index in [9.17, 15) is 0 Å². The summed E-state index contributed by atoms with van der Waals surface area (Å²) in [7, 11) is 3.81. The predicted molar refractivity (Wildman–Crippen MR) is 101 cm³/mol. The standard InChI is InChI=1S/C18H26N4OS/c1-14-5-7-16(8-6-14)23-12-11-22(4)18(19-3)20-10-9-17-21-13-15(2)24-17/h5-8,13H,9-12H2,1-4H3,(H,19,20). The molecule has 0 aliphatic rings. The molecule has 1 aromatic heterocycles. The van der Waals surface area contributed by atoms with Gasteiger partial charge in [-0.05, 0) is 26.0 Å². The van der Waals surface area contributed by atoms with Crippen LogP contribution in [0.5, 0.6) is 5.75 Å². The molecule has 0 saturated heterocycles. The number of ether oxygens (including phenoxy) is 1. The molecular weight excluding hydrogens is 320 g/mol. The average Bonchev–Trinajstić information content (AvgIpc) is 2.98. The van der Waals surface area contributed by atoms with E-state index in [2.05, 4.69) is 46.2 Å². The number of aryl methyl sites for hydroxylation is 2. The molecule has 2 aromatic rings. The smallest absolute Gasteiger partial charge is 0.193 e. The van der Waals surface area contributed by atoms with Gasteiger partial charge in [-0.2, -0.15) is 0 Å². The van der Waals surface area contributed by atoms with E-state index in [1.165, 1.54) is 10.4 Å². The summed E-state index contributed by atoms with van der Waals surface area (Å²) in [6.07, 6.45) is 2.83. The summed E-state index contributed by atoms with van der Waals surface area (Å²) < 4.78 is 5.77. The van der Waals surface area contributed by atoms with Crippen LogP contribution in [0.15, 0.2) is 35.5 Å². The molecule has 6 heteroatoms. The van der Waals surface area contributed by atoms with Gasteiger partial charge < -0.3 is 15.0 Å². The second kappa shape index (κ2) is 9.27. The number of likely N-dealkylation sites (N-methyl/N-ethyl adjacent to an activating group) is 1. The van der Waals surface area contributed by atoms with E-state index < -0.39 is 0 Å². The molecule has 0 spiro atoms. The van der Waals surface area contributed by atoms with E-state index in [4.69, 9.17) is 4.74 Å². The second-order valence-corrected chi connectivity index (χ2v) is 6.99. The van der Waals surface area contributed by atoms with E-state index in [0.29, 0.717) is 6.61 Å². The van der Waals surface area contributed by atoms with Crippen LogP contribution in [0.2, 0.25) is 0 Å². The number of benzene rings is 1. The molecular formula is C18H26N4OS. The quantitative estimate of drug-likeness (QED) is 0.619. The van der Waals surface area contributed by atoms with E-state index >= 15 is 0 Å². The Morgan fingerprint density at radius 3 is 2.67 bits per heavy atom. The molecule has 0 aliphatic carbocycles. The molecule has 0 radical (unpaired) electrons. The Labute approximate surface area is 148 Å².